The summed E-state index contributed by atoms with van der Waals surface area (Å²) in [5.74, 6) is -1.07. The Morgan fingerprint density at radius 1 is 0.960 bits per heavy atom. The van der Waals surface area contributed by atoms with Gasteiger partial charge in [0.15, 0.2) is 0 Å². The molecule has 25 heavy (non-hydrogen) atoms. The molecule has 0 spiro atoms. The summed E-state index contributed by atoms with van der Waals surface area (Å²) in [4.78, 5) is 11.1. The van der Waals surface area contributed by atoms with Crippen molar-refractivity contribution < 1.29 is 26.7 Å². The molecule has 2 aromatic rings. The van der Waals surface area contributed by atoms with Gasteiger partial charge in [-0.05, 0) is 42.8 Å². The number of phenolic OH excluding ortho intramolecular Hbond substituents is 1. The van der Waals surface area contributed by atoms with Gasteiger partial charge in [-0.2, -0.15) is 0 Å². The monoisotopic (exact) mass is 423 g/mol. The number of hydrogen-bond donors (Lipinski definition) is 2. The SMILES string of the molecule is Cc1ccc(NC(=O)c2cc(S(=O)(=O)Cl)cc(S(=O)(=O)Cl)c2)c(O)c1. The van der Waals surface area contributed by atoms with Crippen molar-refractivity contribution in [2.24, 2.45) is 0 Å². The van der Waals surface area contributed by atoms with E-state index in [2.05, 4.69) is 5.32 Å². The van der Waals surface area contributed by atoms with Gasteiger partial charge in [0.05, 0.1) is 15.5 Å². The Morgan fingerprint density at radius 2 is 1.48 bits per heavy atom. The number of rotatable bonds is 4. The maximum atomic E-state index is 12.3. The van der Waals surface area contributed by atoms with Crippen LogP contribution in [-0.4, -0.2) is 27.8 Å². The van der Waals surface area contributed by atoms with Gasteiger partial charge in [0, 0.05) is 26.9 Å². The maximum Gasteiger partial charge on any atom is 0.261 e. The molecule has 0 heterocycles. The molecule has 0 radical (unpaired) electrons. The molecule has 0 aliphatic heterocycles. The highest BCUT2D eigenvalue weighted by Gasteiger charge is 2.21. The van der Waals surface area contributed by atoms with E-state index >= 15 is 0 Å². The molecule has 0 bridgehead atoms. The van der Waals surface area contributed by atoms with Crippen molar-refractivity contribution in [2.75, 3.05) is 5.32 Å². The van der Waals surface area contributed by atoms with Crippen LogP contribution in [-0.2, 0) is 18.1 Å². The first-order chi connectivity index (χ1) is 11.4. The number of halogens is 2. The zero-order chi connectivity index (χ0) is 19.0. The third-order valence-electron chi connectivity index (χ3n) is 3.11. The van der Waals surface area contributed by atoms with E-state index in [-0.39, 0.29) is 17.0 Å². The zero-order valence-corrected chi connectivity index (χ0v) is 15.7. The van der Waals surface area contributed by atoms with Gasteiger partial charge in [-0.25, -0.2) is 16.8 Å². The summed E-state index contributed by atoms with van der Waals surface area (Å²) >= 11 is 0. The van der Waals surface area contributed by atoms with Gasteiger partial charge in [0.1, 0.15) is 5.75 Å². The highest BCUT2D eigenvalue weighted by Crippen LogP contribution is 2.27. The summed E-state index contributed by atoms with van der Waals surface area (Å²) in [6.07, 6.45) is 0. The lowest BCUT2D eigenvalue weighted by Crippen LogP contribution is -2.13. The molecular formula is C14H11Cl2NO6S2. The number of hydrogen-bond acceptors (Lipinski definition) is 6. The maximum absolute atomic E-state index is 12.3. The summed E-state index contributed by atoms with van der Waals surface area (Å²) in [5, 5.41) is 12.2. The van der Waals surface area contributed by atoms with Crippen molar-refractivity contribution >= 4 is 51.1 Å². The summed E-state index contributed by atoms with van der Waals surface area (Å²) in [5.41, 5.74) is 0.493. The smallest absolute Gasteiger partial charge is 0.261 e. The lowest BCUT2D eigenvalue weighted by Gasteiger charge is -2.10. The van der Waals surface area contributed by atoms with Gasteiger partial charge in [0.2, 0.25) is 0 Å². The quantitative estimate of drug-likeness (QED) is 0.576. The molecule has 0 aliphatic rings. The Bertz CT molecular complexity index is 1010. The molecule has 2 rings (SSSR count). The van der Waals surface area contributed by atoms with Crippen molar-refractivity contribution in [1.29, 1.82) is 0 Å². The van der Waals surface area contributed by atoms with Crippen LogP contribution in [0.3, 0.4) is 0 Å². The number of anilines is 1. The minimum Gasteiger partial charge on any atom is -0.506 e. The van der Waals surface area contributed by atoms with Crippen LogP contribution >= 0.6 is 21.4 Å². The molecule has 11 heteroatoms. The summed E-state index contributed by atoms with van der Waals surface area (Å²) in [6, 6.07) is 7.01. The predicted octanol–water partition coefficient (Wildman–Crippen LogP) is 2.81. The van der Waals surface area contributed by atoms with Crippen LogP contribution in [0.5, 0.6) is 5.75 Å². The van der Waals surface area contributed by atoms with Crippen LogP contribution in [0.2, 0.25) is 0 Å². The van der Waals surface area contributed by atoms with Crippen molar-refractivity contribution in [2.45, 2.75) is 16.7 Å². The number of phenols is 1. The fraction of sp³-hybridized carbons (Fsp3) is 0.0714. The Balaban J connectivity index is 2.52. The summed E-state index contributed by atoms with van der Waals surface area (Å²) in [7, 11) is 1.83. The van der Waals surface area contributed by atoms with Crippen LogP contribution in [0.15, 0.2) is 46.2 Å². The molecule has 0 fully saturated rings. The Labute approximate surface area is 153 Å². The molecule has 0 aromatic heterocycles. The molecule has 0 saturated heterocycles. The number of nitrogens with one attached hydrogen (secondary N) is 1. The van der Waals surface area contributed by atoms with E-state index in [4.69, 9.17) is 21.4 Å². The predicted molar refractivity (Wildman–Crippen MR) is 93.3 cm³/mol. The second-order valence-electron chi connectivity index (χ2n) is 5.04. The van der Waals surface area contributed by atoms with E-state index in [9.17, 15) is 26.7 Å². The second-order valence-corrected chi connectivity index (χ2v) is 10.2. The molecule has 7 nitrogen and oxygen atoms in total. The standard InChI is InChI=1S/C14H11Cl2NO6S2/c1-8-2-3-12(13(18)4-8)17-14(19)9-5-10(24(15,20)21)7-11(6-9)25(16,22)23/h2-7,18H,1H3,(H,17,19). The van der Waals surface area contributed by atoms with Gasteiger partial charge in [-0.15, -0.1) is 0 Å². The molecule has 1 amide bonds. The van der Waals surface area contributed by atoms with Gasteiger partial charge < -0.3 is 10.4 Å². The molecule has 0 unspecified atom stereocenters. The van der Waals surface area contributed by atoms with E-state index < -0.39 is 33.8 Å². The highest BCUT2D eigenvalue weighted by molar-refractivity contribution is 8.14. The third kappa shape index (κ3) is 4.85. The number of aryl methyl sites for hydroxylation is 1. The van der Waals surface area contributed by atoms with E-state index in [1.54, 1.807) is 13.0 Å². The van der Waals surface area contributed by atoms with Crippen LogP contribution in [0.25, 0.3) is 0 Å². The number of benzene rings is 2. The molecule has 0 atom stereocenters. The summed E-state index contributed by atoms with van der Waals surface area (Å²) < 4.78 is 46.0. The number of carbonyl (C=O) groups excluding carboxylic acids is 1. The fourth-order valence-electron chi connectivity index (χ4n) is 1.93. The van der Waals surface area contributed by atoms with Gasteiger partial charge in [-0.1, -0.05) is 6.07 Å². The van der Waals surface area contributed by atoms with Crippen LogP contribution in [0, 0.1) is 6.92 Å². The van der Waals surface area contributed by atoms with E-state index in [1.165, 1.54) is 12.1 Å². The Kier molecular flexibility index (Phi) is 5.33. The number of amides is 1. The Hall–Kier alpha value is -1.81. The summed E-state index contributed by atoms with van der Waals surface area (Å²) in [6.45, 7) is 1.73. The van der Waals surface area contributed by atoms with E-state index in [1.807, 2.05) is 0 Å². The average molecular weight is 424 g/mol. The minimum absolute atomic E-state index is 0.0602. The Morgan fingerprint density at radius 3 is 1.92 bits per heavy atom. The average Bonchev–Trinajstić information content (AvgIpc) is 2.47. The minimum atomic E-state index is -4.31. The first-order valence-corrected chi connectivity index (χ1v) is 11.2. The van der Waals surface area contributed by atoms with Crippen molar-refractivity contribution in [1.82, 2.24) is 0 Å². The lowest BCUT2D eigenvalue weighted by molar-refractivity contribution is 0.102. The van der Waals surface area contributed by atoms with Crippen molar-refractivity contribution in [3.63, 3.8) is 0 Å². The van der Waals surface area contributed by atoms with Crippen molar-refractivity contribution in [3.8, 4) is 5.75 Å². The lowest BCUT2D eigenvalue weighted by atomic mass is 10.2. The zero-order valence-electron chi connectivity index (χ0n) is 12.5. The van der Waals surface area contributed by atoms with Gasteiger partial charge >= 0.3 is 0 Å². The molecule has 0 aliphatic carbocycles. The highest BCUT2D eigenvalue weighted by atomic mass is 35.7. The van der Waals surface area contributed by atoms with Crippen LogP contribution in [0.1, 0.15) is 15.9 Å². The molecular weight excluding hydrogens is 413 g/mol. The van der Waals surface area contributed by atoms with Crippen LogP contribution < -0.4 is 5.32 Å². The second kappa shape index (κ2) is 6.83. The van der Waals surface area contributed by atoms with E-state index in [0.29, 0.717) is 0 Å². The van der Waals surface area contributed by atoms with Crippen molar-refractivity contribution in [3.05, 3.63) is 47.5 Å². The molecule has 2 N–H and O–H groups in total. The first-order valence-electron chi connectivity index (χ1n) is 6.53. The largest absolute Gasteiger partial charge is 0.506 e. The van der Waals surface area contributed by atoms with Gasteiger partial charge in [-0.3, -0.25) is 4.79 Å². The van der Waals surface area contributed by atoms with Gasteiger partial charge in [0.25, 0.3) is 24.0 Å². The normalized spacial score (nSPS) is 12.0. The van der Waals surface area contributed by atoms with E-state index in [0.717, 1.165) is 23.8 Å². The van der Waals surface area contributed by atoms with Crippen LogP contribution in [0.4, 0.5) is 5.69 Å². The topological polar surface area (TPSA) is 118 Å². The fourth-order valence-corrected chi connectivity index (χ4v) is 3.61. The number of aromatic hydroxyl groups is 1. The molecule has 0 saturated carbocycles. The molecule has 2 aromatic carbocycles. The number of carbonyl (C=O) groups is 1. The third-order valence-corrected chi connectivity index (χ3v) is 5.77. The first kappa shape index (κ1) is 19.5. The molecule has 134 valence electrons.